The van der Waals surface area contributed by atoms with E-state index in [1.54, 1.807) is 0 Å². The van der Waals surface area contributed by atoms with Crippen LogP contribution in [0.3, 0.4) is 0 Å². The van der Waals surface area contributed by atoms with Crippen LogP contribution in [0, 0.1) is 0 Å². The fraction of sp³-hybridized carbons (Fsp3) is 0.294. The number of nitrogens with one attached hydrogen (secondary N) is 3. The fourth-order valence-electron chi connectivity index (χ4n) is 2.85. The lowest BCUT2D eigenvalue weighted by atomic mass is 10.00. The Hall–Kier alpha value is -2.36. The molecule has 2 aliphatic heterocycles. The van der Waals surface area contributed by atoms with E-state index in [0.29, 0.717) is 6.54 Å². The molecule has 0 saturated carbocycles. The van der Waals surface area contributed by atoms with Gasteiger partial charge >= 0.3 is 0 Å². The van der Waals surface area contributed by atoms with Gasteiger partial charge in [0.2, 0.25) is 0 Å². The molecule has 0 radical (unpaired) electrons. The quantitative estimate of drug-likeness (QED) is 0.797. The van der Waals surface area contributed by atoms with Crippen LogP contribution in [-0.4, -0.2) is 17.1 Å². The summed E-state index contributed by atoms with van der Waals surface area (Å²) < 4.78 is 0. The number of nitrogens with zero attached hydrogens (tertiary/aromatic N) is 1. The van der Waals surface area contributed by atoms with Crippen LogP contribution < -0.4 is 16.1 Å². The second kappa shape index (κ2) is 4.58. The minimum absolute atomic E-state index is 0.275. The Kier molecular flexibility index (Phi) is 2.97. The Balaban J connectivity index is 1.82. The van der Waals surface area contributed by atoms with E-state index in [4.69, 9.17) is 0 Å². The van der Waals surface area contributed by atoms with Crippen molar-refractivity contribution in [1.82, 2.24) is 15.6 Å². The monoisotopic (exact) mass is 282 g/mol. The number of hydrogen-bond donors (Lipinski definition) is 3. The third-order valence-corrected chi connectivity index (χ3v) is 4.25. The van der Waals surface area contributed by atoms with Crippen LogP contribution in [0.15, 0.2) is 49.5 Å². The minimum Gasteiger partial charge on any atom is -0.360 e. The van der Waals surface area contributed by atoms with Crippen molar-refractivity contribution in [2.75, 3.05) is 12.0 Å². The molecule has 4 heteroatoms. The van der Waals surface area contributed by atoms with Gasteiger partial charge in [-0.15, -0.1) is 0 Å². The maximum Gasteiger partial charge on any atom is 0.0963 e. The van der Waals surface area contributed by atoms with Gasteiger partial charge in [0.05, 0.1) is 29.3 Å². The zero-order chi connectivity index (χ0) is 15.2. The number of hydrazine groups is 1. The summed E-state index contributed by atoms with van der Waals surface area (Å²) in [5.41, 5.74) is 8.67. The summed E-state index contributed by atoms with van der Waals surface area (Å²) in [5, 5.41) is 8.57. The van der Waals surface area contributed by atoms with E-state index in [1.807, 2.05) is 0 Å². The van der Waals surface area contributed by atoms with Crippen LogP contribution in [0.4, 0.5) is 5.69 Å². The largest absolute Gasteiger partial charge is 0.360 e. The highest BCUT2D eigenvalue weighted by Crippen LogP contribution is 2.36. The molecule has 0 spiro atoms. The van der Waals surface area contributed by atoms with Crippen molar-refractivity contribution >= 4 is 11.4 Å². The Morgan fingerprint density at radius 3 is 2.62 bits per heavy atom. The molecule has 3 rings (SSSR count). The Bertz CT molecular complexity index is 646. The molecule has 110 valence electrons. The van der Waals surface area contributed by atoms with E-state index < -0.39 is 0 Å². The van der Waals surface area contributed by atoms with Crippen LogP contribution in [-0.2, 0) is 6.42 Å². The summed E-state index contributed by atoms with van der Waals surface area (Å²) >= 11 is 0. The van der Waals surface area contributed by atoms with Crippen LogP contribution in [0.25, 0.3) is 5.70 Å². The van der Waals surface area contributed by atoms with Gasteiger partial charge in [0, 0.05) is 11.3 Å². The molecule has 21 heavy (non-hydrogen) atoms. The van der Waals surface area contributed by atoms with Crippen molar-refractivity contribution in [3.8, 4) is 0 Å². The van der Waals surface area contributed by atoms with Crippen molar-refractivity contribution in [2.24, 2.45) is 0 Å². The predicted octanol–water partition coefficient (Wildman–Crippen LogP) is 2.80. The molecular formula is C17H22N4. The van der Waals surface area contributed by atoms with Crippen molar-refractivity contribution in [1.29, 1.82) is 0 Å². The lowest BCUT2D eigenvalue weighted by molar-refractivity contribution is 0.357. The number of aryl methyl sites for hydroxylation is 1. The SMILES string of the molecule is C=C1NC(=C)C(C)(CN2Nc3ccc(CC)cc3C2=C)N1. The summed E-state index contributed by atoms with van der Waals surface area (Å²) in [5.74, 6) is 0.790. The van der Waals surface area contributed by atoms with Gasteiger partial charge < -0.3 is 10.6 Å². The maximum atomic E-state index is 4.23. The molecule has 0 aliphatic carbocycles. The van der Waals surface area contributed by atoms with E-state index in [9.17, 15) is 0 Å². The number of anilines is 1. The average Bonchev–Trinajstić information content (AvgIpc) is 2.87. The first kappa shape index (κ1) is 13.6. The molecule has 1 saturated heterocycles. The molecule has 0 aromatic heterocycles. The highest BCUT2D eigenvalue weighted by atomic mass is 15.5. The summed E-state index contributed by atoms with van der Waals surface area (Å²) in [6, 6.07) is 6.48. The smallest absolute Gasteiger partial charge is 0.0963 e. The first-order valence-corrected chi connectivity index (χ1v) is 7.23. The van der Waals surface area contributed by atoms with Crippen molar-refractivity contribution in [2.45, 2.75) is 25.8 Å². The van der Waals surface area contributed by atoms with Crippen LogP contribution in [0.1, 0.15) is 25.0 Å². The van der Waals surface area contributed by atoms with E-state index in [-0.39, 0.29) is 5.54 Å². The predicted molar refractivity (Wildman–Crippen MR) is 88.1 cm³/mol. The zero-order valence-electron chi connectivity index (χ0n) is 12.7. The number of benzene rings is 1. The van der Waals surface area contributed by atoms with Gasteiger partial charge in [-0.1, -0.05) is 32.7 Å². The van der Waals surface area contributed by atoms with E-state index in [1.165, 1.54) is 11.1 Å². The molecular weight excluding hydrogens is 260 g/mol. The van der Waals surface area contributed by atoms with Crippen LogP contribution in [0.5, 0.6) is 0 Å². The maximum absolute atomic E-state index is 4.23. The molecule has 1 fully saturated rings. The lowest BCUT2D eigenvalue weighted by Gasteiger charge is -2.31. The summed E-state index contributed by atoms with van der Waals surface area (Å²) in [7, 11) is 0. The number of rotatable bonds is 3. The van der Waals surface area contributed by atoms with Crippen LogP contribution in [0.2, 0.25) is 0 Å². The normalized spacial score (nSPS) is 23.7. The standard InChI is InChI=1S/C17H22N4/c1-6-14-7-8-16-15(9-14)11(2)21(20-16)10-17(5)12(3)18-13(4)19-17/h7-9,18-20H,2-4,6,10H2,1,5H3. The summed E-state index contributed by atoms with van der Waals surface area (Å²) in [6.45, 7) is 17.2. The summed E-state index contributed by atoms with van der Waals surface area (Å²) in [6.07, 6.45) is 1.03. The Morgan fingerprint density at radius 2 is 2.00 bits per heavy atom. The van der Waals surface area contributed by atoms with E-state index in [0.717, 1.165) is 29.3 Å². The van der Waals surface area contributed by atoms with Crippen molar-refractivity contribution in [3.63, 3.8) is 0 Å². The molecule has 1 aromatic carbocycles. The van der Waals surface area contributed by atoms with Gasteiger partial charge in [-0.25, -0.2) is 0 Å². The third kappa shape index (κ3) is 2.17. The molecule has 2 heterocycles. The van der Waals surface area contributed by atoms with Crippen molar-refractivity contribution in [3.05, 3.63) is 60.6 Å². The average molecular weight is 282 g/mol. The Labute approximate surface area is 126 Å². The van der Waals surface area contributed by atoms with E-state index in [2.05, 4.69) is 72.9 Å². The molecule has 0 amide bonds. The zero-order valence-corrected chi connectivity index (χ0v) is 12.7. The first-order chi connectivity index (χ1) is 9.93. The molecule has 0 bridgehead atoms. The van der Waals surface area contributed by atoms with E-state index >= 15 is 0 Å². The summed E-state index contributed by atoms with van der Waals surface area (Å²) in [4.78, 5) is 0. The highest BCUT2D eigenvalue weighted by molar-refractivity contribution is 5.80. The van der Waals surface area contributed by atoms with Gasteiger partial charge in [0.1, 0.15) is 0 Å². The van der Waals surface area contributed by atoms with Gasteiger partial charge in [-0.3, -0.25) is 10.4 Å². The van der Waals surface area contributed by atoms with Gasteiger partial charge in [0.15, 0.2) is 0 Å². The fourth-order valence-corrected chi connectivity index (χ4v) is 2.85. The Morgan fingerprint density at radius 1 is 1.24 bits per heavy atom. The first-order valence-electron chi connectivity index (χ1n) is 7.23. The second-order valence-corrected chi connectivity index (χ2v) is 5.92. The second-order valence-electron chi connectivity index (χ2n) is 5.92. The molecule has 4 nitrogen and oxygen atoms in total. The third-order valence-electron chi connectivity index (χ3n) is 4.25. The number of fused-ring (bicyclic) bond motifs is 1. The van der Waals surface area contributed by atoms with Gasteiger partial charge in [-0.05, 0) is 31.0 Å². The van der Waals surface area contributed by atoms with Gasteiger partial charge in [-0.2, -0.15) is 0 Å². The van der Waals surface area contributed by atoms with Crippen molar-refractivity contribution < 1.29 is 0 Å². The molecule has 1 aromatic rings. The van der Waals surface area contributed by atoms with Gasteiger partial charge in [0.25, 0.3) is 0 Å². The molecule has 3 N–H and O–H groups in total. The topological polar surface area (TPSA) is 39.3 Å². The molecule has 2 aliphatic rings. The number of hydrogen-bond acceptors (Lipinski definition) is 4. The minimum atomic E-state index is -0.275. The highest BCUT2D eigenvalue weighted by Gasteiger charge is 2.38. The molecule has 1 unspecified atom stereocenters. The van der Waals surface area contributed by atoms with Crippen LogP contribution >= 0.6 is 0 Å². The lowest BCUT2D eigenvalue weighted by Crippen LogP contribution is -2.47. The molecule has 1 atom stereocenters.